The molecule has 2 fully saturated rings. The van der Waals surface area contributed by atoms with Crippen molar-refractivity contribution in [2.45, 2.75) is 71.5 Å². The van der Waals surface area contributed by atoms with Crippen LogP contribution in [0.3, 0.4) is 0 Å². The van der Waals surface area contributed by atoms with Crippen LogP contribution in [0, 0.1) is 0 Å². The van der Waals surface area contributed by atoms with Crippen LogP contribution in [0.15, 0.2) is 0 Å². The largest absolute Gasteiger partial charge is 0.486 e. The number of ether oxygens (including phenoxy) is 1. The van der Waals surface area contributed by atoms with Crippen molar-refractivity contribution in [2.75, 3.05) is 18.1 Å². The smallest absolute Gasteiger partial charge is 0.183 e. The van der Waals surface area contributed by atoms with Gasteiger partial charge in [-0.05, 0) is 19.3 Å². The molecular weight excluding hydrogens is 276 g/mol. The molecule has 22 heavy (non-hydrogen) atoms. The maximum absolute atomic E-state index is 6.06. The van der Waals surface area contributed by atoms with Crippen molar-refractivity contribution in [1.29, 1.82) is 0 Å². The van der Waals surface area contributed by atoms with E-state index < -0.39 is 0 Å². The number of hydrogen-bond acceptors (Lipinski definition) is 5. The van der Waals surface area contributed by atoms with E-state index in [0.717, 1.165) is 49.1 Å². The summed E-state index contributed by atoms with van der Waals surface area (Å²) in [5.74, 6) is 2.92. The lowest BCUT2D eigenvalue weighted by atomic mass is 10.0. The van der Waals surface area contributed by atoms with E-state index in [0.29, 0.717) is 18.1 Å². The van der Waals surface area contributed by atoms with Gasteiger partial charge in [0, 0.05) is 25.0 Å². The fourth-order valence-corrected chi connectivity index (χ4v) is 3.78. The van der Waals surface area contributed by atoms with E-state index in [9.17, 15) is 0 Å². The molecule has 5 heteroatoms. The van der Waals surface area contributed by atoms with Crippen LogP contribution in [-0.2, 0) is 12.8 Å². The number of rotatable bonds is 2. The summed E-state index contributed by atoms with van der Waals surface area (Å²) in [6.45, 7) is 10.1. The lowest BCUT2D eigenvalue weighted by Gasteiger charge is -2.45. The molecule has 1 N–H and O–H groups in total. The van der Waals surface area contributed by atoms with Gasteiger partial charge in [0.05, 0.1) is 11.7 Å². The molecule has 2 saturated heterocycles. The number of piperazine rings is 1. The minimum absolute atomic E-state index is 0.436. The molecule has 2 bridgehead atoms. The maximum atomic E-state index is 6.06. The summed E-state index contributed by atoms with van der Waals surface area (Å²) in [4.78, 5) is 11.9. The van der Waals surface area contributed by atoms with Gasteiger partial charge in [-0.25, -0.2) is 9.97 Å². The van der Waals surface area contributed by atoms with Crippen molar-refractivity contribution < 1.29 is 4.74 Å². The van der Waals surface area contributed by atoms with Gasteiger partial charge in [-0.2, -0.15) is 0 Å². The van der Waals surface area contributed by atoms with Crippen molar-refractivity contribution in [3.63, 3.8) is 0 Å². The van der Waals surface area contributed by atoms with Gasteiger partial charge in [-0.15, -0.1) is 0 Å². The molecule has 4 rings (SSSR count). The molecule has 122 valence electrons. The maximum Gasteiger partial charge on any atom is 0.183 e. The topological polar surface area (TPSA) is 50.3 Å². The highest BCUT2D eigenvalue weighted by molar-refractivity contribution is 5.58. The van der Waals surface area contributed by atoms with Gasteiger partial charge in [-0.1, -0.05) is 27.7 Å². The molecule has 0 spiro atoms. The van der Waals surface area contributed by atoms with E-state index in [4.69, 9.17) is 9.72 Å². The Morgan fingerprint density at radius 3 is 2.73 bits per heavy atom. The highest BCUT2D eigenvalue weighted by Gasteiger charge is 2.44. The van der Waals surface area contributed by atoms with Crippen molar-refractivity contribution in [1.82, 2.24) is 15.3 Å². The van der Waals surface area contributed by atoms with Gasteiger partial charge in [0.25, 0.3) is 0 Å². The number of fused-ring (bicyclic) bond motifs is 6. The molecule has 0 amide bonds. The number of nitrogens with zero attached hydrogens (tertiary/aromatic N) is 3. The third kappa shape index (κ3) is 2.45. The Balaban J connectivity index is 0.000000693. The summed E-state index contributed by atoms with van der Waals surface area (Å²) in [7, 11) is 0. The molecule has 0 aromatic carbocycles. The number of aromatic nitrogens is 2. The first-order valence-electron chi connectivity index (χ1n) is 8.85. The highest BCUT2D eigenvalue weighted by atomic mass is 16.5. The first-order valence-corrected chi connectivity index (χ1v) is 8.85. The van der Waals surface area contributed by atoms with Gasteiger partial charge in [-0.3, -0.25) is 0 Å². The number of nitrogens with one attached hydrogen (secondary N) is 1. The highest BCUT2D eigenvalue weighted by Crippen LogP contribution is 2.39. The number of hydrogen-bond donors (Lipinski definition) is 1. The summed E-state index contributed by atoms with van der Waals surface area (Å²) in [5, 5.41) is 3.71. The van der Waals surface area contributed by atoms with E-state index >= 15 is 0 Å². The molecule has 3 unspecified atom stereocenters. The Morgan fingerprint density at radius 2 is 2.00 bits per heavy atom. The molecular formula is C17H28N4O. The average Bonchev–Trinajstić information content (AvgIpc) is 2.97. The van der Waals surface area contributed by atoms with Gasteiger partial charge >= 0.3 is 0 Å². The fourth-order valence-electron chi connectivity index (χ4n) is 3.78. The van der Waals surface area contributed by atoms with Crippen LogP contribution in [0.5, 0.6) is 5.75 Å². The van der Waals surface area contributed by atoms with E-state index in [1.165, 1.54) is 12.8 Å². The molecule has 3 aliphatic rings. The second-order valence-electron chi connectivity index (χ2n) is 6.02. The minimum atomic E-state index is 0.436. The number of aryl methyl sites for hydroxylation is 2. The Bertz CT molecular complexity index is 534. The SMILES string of the molecule is CC.CCc1nc(CC)c2c(n1)N1CC3CCC(N3)C1CO2. The van der Waals surface area contributed by atoms with Crippen LogP contribution in [0.1, 0.15) is 52.1 Å². The molecule has 1 aromatic heterocycles. The average molecular weight is 304 g/mol. The second-order valence-corrected chi connectivity index (χ2v) is 6.02. The van der Waals surface area contributed by atoms with Crippen LogP contribution in [-0.4, -0.2) is 41.2 Å². The Morgan fingerprint density at radius 1 is 1.18 bits per heavy atom. The van der Waals surface area contributed by atoms with Crippen molar-refractivity contribution >= 4 is 5.82 Å². The first-order chi connectivity index (χ1) is 10.8. The zero-order chi connectivity index (χ0) is 15.7. The van der Waals surface area contributed by atoms with Gasteiger partial charge in [0.1, 0.15) is 12.4 Å². The predicted molar refractivity (Wildman–Crippen MR) is 88.7 cm³/mol. The predicted octanol–water partition coefficient (Wildman–Crippen LogP) is 2.33. The first kappa shape index (κ1) is 15.5. The van der Waals surface area contributed by atoms with Crippen LogP contribution in [0.25, 0.3) is 0 Å². The Hall–Kier alpha value is -1.36. The van der Waals surface area contributed by atoms with Crippen molar-refractivity contribution in [3.05, 3.63) is 11.5 Å². The second kappa shape index (κ2) is 6.41. The van der Waals surface area contributed by atoms with Crippen LogP contribution >= 0.6 is 0 Å². The molecule has 0 aliphatic carbocycles. The summed E-state index contributed by atoms with van der Waals surface area (Å²) < 4.78 is 6.06. The summed E-state index contributed by atoms with van der Waals surface area (Å²) in [6.07, 6.45) is 4.32. The normalized spacial score (nSPS) is 28.2. The molecule has 0 radical (unpaired) electrons. The monoisotopic (exact) mass is 304 g/mol. The molecule has 0 saturated carbocycles. The number of anilines is 1. The lowest BCUT2D eigenvalue weighted by Crippen LogP contribution is -2.61. The van der Waals surface area contributed by atoms with Gasteiger partial charge in [0.2, 0.25) is 0 Å². The van der Waals surface area contributed by atoms with Gasteiger partial charge in [0.15, 0.2) is 11.6 Å². The molecule has 1 aromatic rings. The van der Waals surface area contributed by atoms with Crippen molar-refractivity contribution in [2.24, 2.45) is 0 Å². The standard InChI is InChI=1S/C15H22N4O.C2H6/c1-3-10-14-15(18-13(4-2)17-10)19-7-9-5-6-11(16-9)12(19)8-20-14;1-2/h9,11-12,16H,3-8H2,1-2H3;1-2H3. The third-order valence-electron chi connectivity index (χ3n) is 4.84. The van der Waals surface area contributed by atoms with E-state index in [-0.39, 0.29) is 0 Å². The van der Waals surface area contributed by atoms with Crippen LogP contribution < -0.4 is 15.0 Å². The minimum Gasteiger partial charge on any atom is -0.486 e. The van der Waals surface area contributed by atoms with E-state index in [1.54, 1.807) is 0 Å². The van der Waals surface area contributed by atoms with Crippen molar-refractivity contribution in [3.8, 4) is 5.75 Å². The summed E-state index contributed by atoms with van der Waals surface area (Å²) in [6, 6.07) is 1.62. The molecule has 3 atom stereocenters. The summed E-state index contributed by atoms with van der Waals surface area (Å²) >= 11 is 0. The van der Waals surface area contributed by atoms with E-state index in [1.807, 2.05) is 13.8 Å². The quantitative estimate of drug-likeness (QED) is 0.909. The van der Waals surface area contributed by atoms with Crippen LogP contribution in [0.2, 0.25) is 0 Å². The zero-order valence-electron chi connectivity index (χ0n) is 14.2. The van der Waals surface area contributed by atoms with E-state index in [2.05, 4.69) is 29.0 Å². The molecule has 3 aliphatic heterocycles. The lowest BCUT2D eigenvalue weighted by molar-refractivity contribution is 0.213. The molecule has 5 nitrogen and oxygen atoms in total. The Labute approximate surface area is 133 Å². The third-order valence-corrected chi connectivity index (χ3v) is 4.84. The fraction of sp³-hybridized carbons (Fsp3) is 0.765. The van der Waals surface area contributed by atoms with Gasteiger partial charge < -0.3 is 15.0 Å². The molecule has 4 heterocycles. The zero-order valence-corrected chi connectivity index (χ0v) is 14.2. The Kier molecular flexibility index (Phi) is 4.52. The summed E-state index contributed by atoms with van der Waals surface area (Å²) in [5.41, 5.74) is 1.07. The van der Waals surface area contributed by atoms with Crippen LogP contribution in [0.4, 0.5) is 5.82 Å².